The van der Waals surface area contributed by atoms with E-state index in [1.54, 1.807) is 0 Å². The first-order valence-electron chi connectivity index (χ1n) is 9.51. The second-order valence-electron chi connectivity index (χ2n) is 8.15. The van der Waals surface area contributed by atoms with Crippen molar-refractivity contribution in [1.82, 2.24) is 0 Å². The lowest BCUT2D eigenvalue weighted by Gasteiger charge is -2.37. The van der Waals surface area contributed by atoms with E-state index in [0.29, 0.717) is 10.6 Å². The highest BCUT2D eigenvalue weighted by Crippen LogP contribution is 2.46. The van der Waals surface area contributed by atoms with Crippen molar-refractivity contribution in [3.63, 3.8) is 0 Å². The first kappa shape index (κ1) is 21.3. The molecule has 0 aliphatic heterocycles. The van der Waals surface area contributed by atoms with Crippen LogP contribution in [0.15, 0.2) is 66.7 Å². The molecule has 0 atom stereocenters. The van der Waals surface area contributed by atoms with Gasteiger partial charge in [0.15, 0.2) is 9.76 Å². The Hall–Kier alpha value is -2.41. The standard InChI is InChI=1S/C23H27NO3SSi/c1-22(2,3)29-27-23(16-11-7-5-8-12-16,17-13-9-6-10-14-17)19-15-18(24)20(28-19)21(25)26-4/h5-15H,24,29H2,1-4H3. The minimum atomic E-state index is -0.964. The fourth-order valence-corrected chi connectivity index (χ4v) is 5.62. The van der Waals surface area contributed by atoms with Crippen molar-refractivity contribution < 1.29 is 14.0 Å². The van der Waals surface area contributed by atoms with Crippen LogP contribution in [0.4, 0.5) is 5.69 Å². The number of nitrogens with two attached hydrogens (primary N) is 1. The van der Waals surface area contributed by atoms with Crippen LogP contribution < -0.4 is 5.73 Å². The molecule has 152 valence electrons. The Labute approximate surface area is 178 Å². The number of methoxy groups -OCH3 is 1. The lowest BCUT2D eigenvalue weighted by molar-refractivity contribution is 0.0607. The third-order valence-corrected chi connectivity index (χ3v) is 7.24. The van der Waals surface area contributed by atoms with Gasteiger partial charge in [0.2, 0.25) is 0 Å². The van der Waals surface area contributed by atoms with E-state index in [1.807, 2.05) is 42.5 Å². The van der Waals surface area contributed by atoms with Crippen molar-refractivity contribution in [3.8, 4) is 0 Å². The van der Waals surface area contributed by atoms with Crippen LogP contribution in [0.5, 0.6) is 0 Å². The number of thiophene rings is 1. The first-order chi connectivity index (χ1) is 13.8. The number of carbonyl (C=O) groups is 1. The molecule has 29 heavy (non-hydrogen) atoms. The van der Waals surface area contributed by atoms with Crippen LogP contribution in [0.25, 0.3) is 0 Å². The van der Waals surface area contributed by atoms with E-state index >= 15 is 0 Å². The molecular formula is C23H27NO3SSi. The van der Waals surface area contributed by atoms with Crippen molar-refractivity contribution in [2.24, 2.45) is 0 Å². The number of nitrogen functional groups attached to an aromatic ring is 1. The Morgan fingerprint density at radius 2 is 1.48 bits per heavy atom. The van der Waals surface area contributed by atoms with Gasteiger partial charge in [-0.25, -0.2) is 4.79 Å². The molecule has 0 saturated carbocycles. The molecule has 0 saturated heterocycles. The number of hydrogen-bond acceptors (Lipinski definition) is 5. The predicted octanol–water partition coefficient (Wildman–Crippen LogP) is 4.73. The second kappa shape index (κ2) is 8.53. The summed E-state index contributed by atoms with van der Waals surface area (Å²) < 4.78 is 11.8. The molecule has 4 nitrogen and oxygen atoms in total. The normalized spacial score (nSPS) is 12.4. The van der Waals surface area contributed by atoms with Crippen LogP contribution >= 0.6 is 11.3 Å². The van der Waals surface area contributed by atoms with E-state index in [4.69, 9.17) is 14.9 Å². The molecule has 0 aliphatic rings. The van der Waals surface area contributed by atoms with Crippen LogP contribution in [-0.2, 0) is 14.8 Å². The van der Waals surface area contributed by atoms with Crippen molar-refractivity contribution >= 4 is 32.8 Å². The highest BCUT2D eigenvalue weighted by molar-refractivity contribution is 7.14. The lowest BCUT2D eigenvalue weighted by Crippen LogP contribution is -2.35. The molecular weight excluding hydrogens is 398 g/mol. The smallest absolute Gasteiger partial charge is 0.350 e. The summed E-state index contributed by atoms with van der Waals surface area (Å²) in [5, 5.41) is 0.0861. The zero-order valence-corrected chi connectivity index (χ0v) is 19.5. The SMILES string of the molecule is COC(=O)c1sc(C(O[SiH2]C(C)(C)C)(c2ccccc2)c2ccccc2)cc1N. The Bertz CT molecular complexity index is 925. The first-order valence-corrected chi connectivity index (χ1v) is 11.6. The number of rotatable bonds is 6. The van der Waals surface area contributed by atoms with E-state index in [0.717, 1.165) is 16.0 Å². The topological polar surface area (TPSA) is 61.5 Å². The van der Waals surface area contributed by atoms with E-state index in [1.165, 1.54) is 18.4 Å². The maximum absolute atomic E-state index is 12.2. The van der Waals surface area contributed by atoms with Gasteiger partial charge in [0, 0.05) is 4.88 Å². The molecule has 0 aliphatic carbocycles. The van der Waals surface area contributed by atoms with Crippen LogP contribution in [0.1, 0.15) is 46.4 Å². The van der Waals surface area contributed by atoms with Crippen molar-refractivity contribution in [3.05, 3.63) is 87.6 Å². The molecule has 3 rings (SSSR count). The van der Waals surface area contributed by atoms with E-state index < -0.39 is 21.3 Å². The quantitative estimate of drug-likeness (QED) is 0.458. The summed E-state index contributed by atoms with van der Waals surface area (Å²) in [5.41, 5.74) is 7.83. The molecule has 0 unspecified atom stereocenters. The van der Waals surface area contributed by atoms with Gasteiger partial charge in [-0.1, -0.05) is 81.4 Å². The predicted molar refractivity (Wildman–Crippen MR) is 122 cm³/mol. The fraction of sp³-hybridized carbons (Fsp3) is 0.261. The highest BCUT2D eigenvalue weighted by Gasteiger charge is 2.40. The van der Waals surface area contributed by atoms with Crippen LogP contribution in [0.2, 0.25) is 5.04 Å². The summed E-state index contributed by atoms with van der Waals surface area (Å²) in [6.07, 6.45) is 0. The molecule has 0 spiro atoms. The molecule has 2 aromatic carbocycles. The summed E-state index contributed by atoms with van der Waals surface area (Å²) in [6, 6.07) is 22.1. The van der Waals surface area contributed by atoms with Gasteiger partial charge >= 0.3 is 5.97 Å². The minimum absolute atomic E-state index is 0.0861. The summed E-state index contributed by atoms with van der Waals surface area (Å²) in [7, 11) is 0.403. The summed E-state index contributed by atoms with van der Waals surface area (Å²) in [4.78, 5) is 13.5. The number of benzene rings is 2. The second-order valence-corrected chi connectivity index (χ2v) is 11.9. The molecule has 1 aromatic heterocycles. The van der Waals surface area contributed by atoms with Gasteiger partial charge in [-0.3, -0.25) is 0 Å². The van der Waals surface area contributed by atoms with E-state index in [2.05, 4.69) is 45.0 Å². The van der Waals surface area contributed by atoms with Crippen molar-refractivity contribution in [2.45, 2.75) is 31.4 Å². The number of carbonyl (C=O) groups excluding carboxylic acids is 1. The Kier molecular flexibility index (Phi) is 6.26. The number of ether oxygens (including phenoxy) is 1. The summed E-state index contributed by atoms with van der Waals surface area (Å²) in [6.45, 7) is 6.59. The van der Waals surface area contributed by atoms with Crippen LogP contribution in [0, 0.1) is 0 Å². The van der Waals surface area contributed by atoms with Gasteiger partial charge in [0.25, 0.3) is 0 Å². The van der Waals surface area contributed by atoms with Gasteiger partial charge < -0.3 is 14.9 Å². The van der Waals surface area contributed by atoms with Gasteiger partial charge in [-0.2, -0.15) is 0 Å². The third-order valence-electron chi connectivity index (χ3n) is 4.56. The molecule has 3 aromatic rings. The molecule has 1 heterocycles. The maximum atomic E-state index is 12.2. The number of hydrogen-bond donors (Lipinski definition) is 1. The van der Waals surface area contributed by atoms with Crippen molar-refractivity contribution in [1.29, 1.82) is 0 Å². The third kappa shape index (κ3) is 4.45. The van der Waals surface area contributed by atoms with E-state index in [-0.39, 0.29) is 5.04 Å². The maximum Gasteiger partial charge on any atom is 0.350 e. The van der Waals surface area contributed by atoms with Gasteiger partial charge in [0.1, 0.15) is 10.5 Å². The zero-order valence-electron chi connectivity index (χ0n) is 17.3. The highest BCUT2D eigenvalue weighted by atomic mass is 32.1. The largest absolute Gasteiger partial charge is 0.465 e. The Balaban J connectivity index is 2.28. The molecule has 6 heteroatoms. The Morgan fingerprint density at radius 3 is 1.93 bits per heavy atom. The number of esters is 1. The lowest BCUT2D eigenvalue weighted by atomic mass is 9.85. The molecule has 2 N–H and O–H groups in total. The van der Waals surface area contributed by atoms with Crippen molar-refractivity contribution in [2.75, 3.05) is 12.8 Å². The van der Waals surface area contributed by atoms with Gasteiger partial charge in [0.05, 0.1) is 12.8 Å². The molecule has 0 fully saturated rings. The van der Waals surface area contributed by atoms with Gasteiger partial charge in [-0.15, -0.1) is 11.3 Å². The summed E-state index contributed by atoms with van der Waals surface area (Å²) in [5.74, 6) is -0.429. The average molecular weight is 426 g/mol. The van der Waals surface area contributed by atoms with Gasteiger partial charge in [-0.05, 0) is 22.2 Å². The molecule has 0 bridgehead atoms. The zero-order chi connectivity index (χ0) is 21.1. The fourth-order valence-electron chi connectivity index (χ4n) is 3.19. The molecule has 0 amide bonds. The van der Waals surface area contributed by atoms with Crippen LogP contribution in [-0.4, -0.2) is 22.8 Å². The minimum Gasteiger partial charge on any atom is -0.465 e. The Morgan fingerprint density at radius 1 is 0.966 bits per heavy atom. The number of anilines is 1. The summed E-state index contributed by atoms with van der Waals surface area (Å²) >= 11 is 1.34. The van der Waals surface area contributed by atoms with Crippen LogP contribution in [0.3, 0.4) is 0 Å². The van der Waals surface area contributed by atoms with E-state index in [9.17, 15) is 4.79 Å². The monoisotopic (exact) mass is 425 g/mol. The average Bonchev–Trinajstić information content (AvgIpc) is 3.10. The molecule has 0 radical (unpaired) electrons.